The number of anilines is 2. The number of carbonyl (C=O) groups excluding carboxylic acids is 1. The highest BCUT2D eigenvalue weighted by Gasteiger charge is 2.20. The Labute approximate surface area is 128 Å². The van der Waals surface area contributed by atoms with Crippen molar-refractivity contribution in [2.75, 3.05) is 17.2 Å². The average Bonchev–Trinajstić information content (AvgIpc) is 2.48. The Balaban J connectivity index is 2.39. The first-order chi connectivity index (χ1) is 10.0. The van der Waals surface area contributed by atoms with Crippen LogP contribution in [0.15, 0.2) is 42.5 Å². The lowest BCUT2D eigenvalue weighted by Gasteiger charge is -2.23. The monoisotopic (exact) mass is 306 g/mol. The van der Waals surface area contributed by atoms with Gasteiger partial charge in [0.25, 0.3) is 5.91 Å². The second-order valence-corrected chi connectivity index (χ2v) is 5.11. The summed E-state index contributed by atoms with van der Waals surface area (Å²) in [5, 5.41) is 0.327. The molecule has 2 rings (SSSR count). The van der Waals surface area contributed by atoms with Crippen LogP contribution < -0.4 is 10.6 Å². The number of hydrogen-bond acceptors (Lipinski definition) is 2. The number of nitrogen functional groups attached to an aromatic ring is 1. The van der Waals surface area contributed by atoms with Gasteiger partial charge in [-0.05, 0) is 48.9 Å². The zero-order valence-corrected chi connectivity index (χ0v) is 12.4. The Kier molecular flexibility index (Phi) is 4.81. The predicted molar refractivity (Wildman–Crippen MR) is 84.2 cm³/mol. The highest BCUT2D eigenvalue weighted by molar-refractivity contribution is 6.31. The standard InChI is InChI=1S/C16H16ClFN2O/c1-2-9-20(13-6-4-12(19)5-7-13)16(21)14-10-11(17)3-8-15(14)18/h3-8,10H,2,9,19H2,1H3. The largest absolute Gasteiger partial charge is 0.399 e. The van der Waals surface area contributed by atoms with Crippen LogP contribution in [0, 0.1) is 5.82 Å². The number of halogens is 2. The molecule has 0 unspecified atom stereocenters. The third-order valence-electron chi connectivity index (χ3n) is 3.06. The molecule has 3 nitrogen and oxygen atoms in total. The molecule has 21 heavy (non-hydrogen) atoms. The van der Waals surface area contributed by atoms with Gasteiger partial charge in [0.05, 0.1) is 5.56 Å². The van der Waals surface area contributed by atoms with Gasteiger partial charge >= 0.3 is 0 Å². The van der Waals surface area contributed by atoms with Crippen molar-refractivity contribution < 1.29 is 9.18 Å². The smallest absolute Gasteiger partial charge is 0.261 e. The van der Waals surface area contributed by atoms with Crippen LogP contribution in [0.1, 0.15) is 23.7 Å². The lowest BCUT2D eigenvalue weighted by atomic mass is 10.1. The van der Waals surface area contributed by atoms with Gasteiger partial charge in [-0.1, -0.05) is 18.5 Å². The molecule has 0 aliphatic heterocycles. The van der Waals surface area contributed by atoms with E-state index in [1.807, 2.05) is 6.92 Å². The summed E-state index contributed by atoms with van der Waals surface area (Å²) in [7, 11) is 0. The summed E-state index contributed by atoms with van der Waals surface area (Å²) < 4.78 is 13.9. The summed E-state index contributed by atoms with van der Waals surface area (Å²) in [6.45, 7) is 2.43. The molecule has 0 aliphatic carbocycles. The van der Waals surface area contributed by atoms with Crippen LogP contribution >= 0.6 is 11.6 Å². The van der Waals surface area contributed by atoms with Gasteiger partial charge in [0.15, 0.2) is 0 Å². The fraction of sp³-hybridized carbons (Fsp3) is 0.188. The van der Waals surface area contributed by atoms with Crippen LogP contribution in [0.4, 0.5) is 15.8 Å². The molecule has 2 aromatic rings. The maximum atomic E-state index is 13.9. The number of rotatable bonds is 4. The van der Waals surface area contributed by atoms with Gasteiger partial charge in [-0.25, -0.2) is 4.39 Å². The Hall–Kier alpha value is -2.07. The van der Waals surface area contributed by atoms with E-state index in [1.54, 1.807) is 24.3 Å². The van der Waals surface area contributed by atoms with E-state index in [2.05, 4.69) is 0 Å². The van der Waals surface area contributed by atoms with Crippen molar-refractivity contribution in [2.24, 2.45) is 0 Å². The summed E-state index contributed by atoms with van der Waals surface area (Å²) in [6.07, 6.45) is 0.748. The quantitative estimate of drug-likeness (QED) is 0.864. The Morgan fingerprint density at radius 1 is 1.24 bits per heavy atom. The zero-order chi connectivity index (χ0) is 15.4. The van der Waals surface area contributed by atoms with Crippen molar-refractivity contribution >= 4 is 28.9 Å². The van der Waals surface area contributed by atoms with Gasteiger partial charge in [-0.3, -0.25) is 4.79 Å². The summed E-state index contributed by atoms with van der Waals surface area (Å²) in [5.41, 5.74) is 6.90. The van der Waals surface area contributed by atoms with Crippen LogP contribution in [0.2, 0.25) is 5.02 Å². The van der Waals surface area contributed by atoms with Crippen LogP contribution in [-0.2, 0) is 0 Å². The molecule has 0 aromatic heterocycles. The topological polar surface area (TPSA) is 46.3 Å². The number of hydrogen-bond donors (Lipinski definition) is 1. The molecule has 110 valence electrons. The van der Waals surface area contributed by atoms with E-state index < -0.39 is 11.7 Å². The first kappa shape index (κ1) is 15.3. The molecule has 0 atom stereocenters. The number of carbonyl (C=O) groups is 1. The fourth-order valence-electron chi connectivity index (χ4n) is 2.03. The highest BCUT2D eigenvalue weighted by atomic mass is 35.5. The van der Waals surface area contributed by atoms with E-state index in [1.165, 1.54) is 23.1 Å². The van der Waals surface area contributed by atoms with Gasteiger partial charge in [0, 0.05) is 22.9 Å². The van der Waals surface area contributed by atoms with Crippen molar-refractivity contribution in [1.29, 1.82) is 0 Å². The molecule has 2 N–H and O–H groups in total. The molecular weight excluding hydrogens is 291 g/mol. The minimum Gasteiger partial charge on any atom is -0.399 e. The van der Waals surface area contributed by atoms with E-state index in [0.717, 1.165) is 6.42 Å². The maximum Gasteiger partial charge on any atom is 0.261 e. The molecule has 0 radical (unpaired) electrons. The predicted octanol–water partition coefficient (Wildman–Crippen LogP) is 4.12. The molecule has 0 fully saturated rings. The molecule has 0 saturated heterocycles. The first-order valence-corrected chi connectivity index (χ1v) is 7.03. The fourth-order valence-corrected chi connectivity index (χ4v) is 2.20. The first-order valence-electron chi connectivity index (χ1n) is 6.65. The van der Waals surface area contributed by atoms with Crippen molar-refractivity contribution in [3.63, 3.8) is 0 Å². The van der Waals surface area contributed by atoms with Gasteiger partial charge < -0.3 is 10.6 Å². The third-order valence-corrected chi connectivity index (χ3v) is 3.29. The minimum atomic E-state index is -0.582. The zero-order valence-electron chi connectivity index (χ0n) is 11.6. The third kappa shape index (κ3) is 3.52. The normalized spacial score (nSPS) is 10.4. The van der Waals surface area contributed by atoms with Crippen LogP contribution in [-0.4, -0.2) is 12.5 Å². The summed E-state index contributed by atoms with van der Waals surface area (Å²) in [4.78, 5) is 14.1. The second kappa shape index (κ2) is 6.59. The maximum absolute atomic E-state index is 13.9. The van der Waals surface area contributed by atoms with Crippen LogP contribution in [0.5, 0.6) is 0 Å². The van der Waals surface area contributed by atoms with E-state index >= 15 is 0 Å². The minimum absolute atomic E-state index is 0.0345. The molecule has 0 saturated carbocycles. The molecule has 0 aliphatic rings. The van der Waals surface area contributed by atoms with Gasteiger partial charge in [-0.15, -0.1) is 0 Å². The molecular formula is C16H16ClFN2O. The number of amides is 1. The summed E-state index contributed by atoms with van der Waals surface area (Å²) in [6, 6.07) is 10.9. The van der Waals surface area contributed by atoms with E-state index in [-0.39, 0.29) is 5.56 Å². The van der Waals surface area contributed by atoms with E-state index in [9.17, 15) is 9.18 Å². The number of nitrogens with two attached hydrogens (primary N) is 1. The molecule has 2 aromatic carbocycles. The summed E-state index contributed by atoms with van der Waals surface area (Å²) >= 11 is 5.86. The SMILES string of the molecule is CCCN(C(=O)c1cc(Cl)ccc1F)c1ccc(N)cc1. The Morgan fingerprint density at radius 3 is 2.52 bits per heavy atom. The van der Waals surface area contributed by atoms with Gasteiger partial charge in [0.2, 0.25) is 0 Å². The molecule has 0 bridgehead atoms. The van der Waals surface area contributed by atoms with E-state index in [4.69, 9.17) is 17.3 Å². The molecule has 0 spiro atoms. The van der Waals surface area contributed by atoms with Gasteiger partial charge in [0.1, 0.15) is 5.82 Å². The van der Waals surface area contributed by atoms with Crippen molar-refractivity contribution in [1.82, 2.24) is 0 Å². The van der Waals surface area contributed by atoms with Crippen molar-refractivity contribution in [2.45, 2.75) is 13.3 Å². The molecule has 1 amide bonds. The Bertz CT molecular complexity index is 643. The van der Waals surface area contributed by atoms with Crippen LogP contribution in [0.3, 0.4) is 0 Å². The lowest BCUT2D eigenvalue weighted by molar-refractivity contribution is 0.0983. The van der Waals surface area contributed by atoms with Gasteiger partial charge in [-0.2, -0.15) is 0 Å². The average molecular weight is 307 g/mol. The van der Waals surface area contributed by atoms with Crippen molar-refractivity contribution in [3.8, 4) is 0 Å². The number of nitrogens with zero attached hydrogens (tertiary/aromatic N) is 1. The molecule has 0 heterocycles. The van der Waals surface area contributed by atoms with Crippen LogP contribution in [0.25, 0.3) is 0 Å². The Morgan fingerprint density at radius 2 is 1.90 bits per heavy atom. The number of benzene rings is 2. The lowest BCUT2D eigenvalue weighted by Crippen LogP contribution is -2.32. The summed E-state index contributed by atoms with van der Waals surface area (Å²) in [5.74, 6) is -0.998. The van der Waals surface area contributed by atoms with E-state index in [0.29, 0.717) is 22.9 Å². The second-order valence-electron chi connectivity index (χ2n) is 4.67. The molecule has 5 heteroatoms. The van der Waals surface area contributed by atoms with Crippen molar-refractivity contribution in [3.05, 3.63) is 58.9 Å². The highest BCUT2D eigenvalue weighted by Crippen LogP contribution is 2.22.